The van der Waals surface area contributed by atoms with Crippen LogP contribution >= 0.6 is 0 Å². The van der Waals surface area contributed by atoms with Crippen molar-refractivity contribution in [1.82, 2.24) is 9.88 Å². The number of nitrogens with zero attached hydrogens (tertiary/aromatic N) is 2. The number of nitrogens with one attached hydrogen (secondary N) is 1. The van der Waals surface area contributed by atoms with Crippen LogP contribution in [0.15, 0.2) is 12.3 Å². The first-order valence-corrected chi connectivity index (χ1v) is 6.40. The van der Waals surface area contributed by atoms with Crippen LogP contribution in [0.5, 0.6) is 0 Å². The van der Waals surface area contributed by atoms with Crippen LogP contribution in [0.3, 0.4) is 0 Å². The van der Waals surface area contributed by atoms with Gasteiger partial charge in [-0.1, -0.05) is 0 Å². The van der Waals surface area contributed by atoms with Crippen molar-refractivity contribution in [1.29, 1.82) is 0 Å². The molecule has 3 N–H and O–H groups in total. The average Bonchev–Trinajstić information content (AvgIpc) is 2.45. The Morgan fingerprint density at radius 1 is 1.45 bits per heavy atom. The number of likely N-dealkylation sites (N-methyl/N-ethyl adjacent to an activating group) is 1. The van der Waals surface area contributed by atoms with Gasteiger partial charge in [-0.3, -0.25) is 4.79 Å². The second-order valence-corrected chi connectivity index (χ2v) is 4.10. The molecule has 1 heterocycles. The summed E-state index contributed by atoms with van der Waals surface area (Å²) in [6.45, 7) is 4.54. The maximum atomic E-state index is 11.7. The van der Waals surface area contributed by atoms with Gasteiger partial charge >= 0.3 is 5.97 Å². The number of nitrogens with two attached hydrogens (primary N) is 1. The highest BCUT2D eigenvalue weighted by Gasteiger charge is 2.15. The molecule has 0 unspecified atom stereocenters. The lowest BCUT2D eigenvalue weighted by Gasteiger charge is -2.16. The molecule has 7 heteroatoms. The van der Waals surface area contributed by atoms with E-state index in [0.717, 1.165) is 0 Å². The number of aromatic nitrogens is 1. The molecule has 0 fully saturated rings. The van der Waals surface area contributed by atoms with Gasteiger partial charge < -0.3 is 20.7 Å². The Morgan fingerprint density at radius 3 is 2.75 bits per heavy atom. The number of carbonyl (C=O) groups is 2. The van der Waals surface area contributed by atoms with Gasteiger partial charge in [-0.25, -0.2) is 9.78 Å². The average molecular weight is 280 g/mol. The molecule has 110 valence electrons. The van der Waals surface area contributed by atoms with Crippen LogP contribution in [0, 0.1) is 0 Å². The number of nitrogen functional groups attached to an aromatic ring is 1. The van der Waals surface area contributed by atoms with Crippen LogP contribution in [0.2, 0.25) is 0 Å². The fraction of sp³-hybridized carbons (Fsp3) is 0.462. The summed E-state index contributed by atoms with van der Waals surface area (Å²) in [7, 11) is 1.70. The van der Waals surface area contributed by atoms with Gasteiger partial charge in [-0.15, -0.1) is 0 Å². The highest BCUT2D eigenvalue weighted by molar-refractivity contribution is 5.97. The molecule has 0 aliphatic heterocycles. The van der Waals surface area contributed by atoms with Gasteiger partial charge in [0.05, 0.1) is 24.4 Å². The number of rotatable bonds is 6. The van der Waals surface area contributed by atoms with Gasteiger partial charge in [-0.05, 0) is 19.9 Å². The lowest BCUT2D eigenvalue weighted by Crippen LogP contribution is -2.32. The van der Waals surface area contributed by atoms with E-state index in [1.807, 2.05) is 6.92 Å². The number of pyridine rings is 1. The fourth-order valence-corrected chi connectivity index (χ4v) is 1.47. The molecule has 0 spiro atoms. The molecular formula is C13H20N4O3. The Morgan fingerprint density at radius 2 is 2.15 bits per heavy atom. The largest absolute Gasteiger partial charge is 0.462 e. The molecule has 1 rings (SSSR count). The number of anilines is 2. The van der Waals surface area contributed by atoms with Crippen molar-refractivity contribution in [2.45, 2.75) is 13.8 Å². The minimum atomic E-state index is -0.507. The number of amides is 1. The summed E-state index contributed by atoms with van der Waals surface area (Å²) in [6, 6.07) is 1.48. The third-order valence-electron chi connectivity index (χ3n) is 2.79. The van der Waals surface area contributed by atoms with Crippen molar-refractivity contribution in [2.75, 3.05) is 37.8 Å². The minimum Gasteiger partial charge on any atom is -0.462 e. The highest BCUT2D eigenvalue weighted by atomic mass is 16.5. The standard InChI is InChI=1S/C13H20N4O3/c1-4-17(3)10(18)8-16-12-11(14)9(6-7-15-12)13(19)20-5-2/h6-7H,4-5,8,14H2,1-3H3,(H,15,16). The number of ether oxygens (including phenoxy) is 1. The zero-order valence-corrected chi connectivity index (χ0v) is 12.0. The van der Waals surface area contributed by atoms with Gasteiger partial charge in [0.1, 0.15) is 5.82 Å². The number of hydrogen-bond acceptors (Lipinski definition) is 6. The van der Waals surface area contributed by atoms with E-state index in [-0.39, 0.29) is 30.3 Å². The van der Waals surface area contributed by atoms with Crippen LogP contribution in [0.4, 0.5) is 11.5 Å². The van der Waals surface area contributed by atoms with Crippen LogP contribution in [0.1, 0.15) is 24.2 Å². The van der Waals surface area contributed by atoms with Crippen molar-refractivity contribution in [3.63, 3.8) is 0 Å². The van der Waals surface area contributed by atoms with E-state index in [2.05, 4.69) is 10.3 Å². The molecule has 1 amide bonds. The molecule has 7 nitrogen and oxygen atoms in total. The second-order valence-electron chi connectivity index (χ2n) is 4.10. The minimum absolute atomic E-state index is 0.0633. The van der Waals surface area contributed by atoms with E-state index in [1.54, 1.807) is 18.9 Å². The number of hydrogen-bond donors (Lipinski definition) is 2. The topological polar surface area (TPSA) is 97.5 Å². The quantitative estimate of drug-likeness (QED) is 0.746. The van der Waals surface area contributed by atoms with E-state index in [4.69, 9.17) is 10.5 Å². The molecule has 0 aromatic carbocycles. The molecule has 1 aromatic heterocycles. The zero-order valence-electron chi connectivity index (χ0n) is 12.0. The summed E-state index contributed by atoms with van der Waals surface area (Å²) in [5.41, 5.74) is 6.27. The molecule has 0 saturated heterocycles. The number of esters is 1. The first-order valence-electron chi connectivity index (χ1n) is 6.40. The summed E-state index contributed by atoms with van der Waals surface area (Å²) >= 11 is 0. The van der Waals surface area contributed by atoms with Gasteiger partial charge in [0.25, 0.3) is 0 Å². The summed E-state index contributed by atoms with van der Waals surface area (Å²) in [5, 5.41) is 2.83. The normalized spacial score (nSPS) is 9.95. The molecule has 0 atom stereocenters. The molecule has 0 aliphatic carbocycles. The van der Waals surface area contributed by atoms with Gasteiger partial charge in [-0.2, -0.15) is 0 Å². The highest BCUT2D eigenvalue weighted by Crippen LogP contribution is 2.20. The lowest BCUT2D eigenvalue weighted by atomic mass is 10.2. The molecule has 0 saturated carbocycles. The van der Waals surface area contributed by atoms with Gasteiger partial charge in [0.2, 0.25) is 5.91 Å². The van der Waals surface area contributed by atoms with Crippen LogP contribution in [0.25, 0.3) is 0 Å². The molecule has 20 heavy (non-hydrogen) atoms. The van der Waals surface area contributed by atoms with Crippen molar-refractivity contribution in [2.24, 2.45) is 0 Å². The Bertz CT molecular complexity index is 491. The monoisotopic (exact) mass is 280 g/mol. The maximum absolute atomic E-state index is 11.7. The summed E-state index contributed by atoms with van der Waals surface area (Å²) in [6.07, 6.45) is 1.44. The molecule has 0 aliphatic rings. The predicted molar refractivity (Wildman–Crippen MR) is 76.4 cm³/mol. The van der Waals surface area contributed by atoms with E-state index >= 15 is 0 Å². The van der Waals surface area contributed by atoms with Crippen molar-refractivity contribution in [3.8, 4) is 0 Å². The Kier molecular flexibility index (Phi) is 5.76. The van der Waals surface area contributed by atoms with Crippen LogP contribution < -0.4 is 11.1 Å². The third kappa shape index (κ3) is 3.84. The van der Waals surface area contributed by atoms with Gasteiger partial charge in [0.15, 0.2) is 0 Å². The molecule has 0 bridgehead atoms. The Hall–Kier alpha value is -2.31. The molecular weight excluding hydrogens is 260 g/mol. The Balaban J connectivity index is 2.79. The first-order chi connectivity index (χ1) is 9.51. The van der Waals surface area contributed by atoms with E-state index < -0.39 is 5.97 Å². The smallest absolute Gasteiger partial charge is 0.340 e. The van der Waals surface area contributed by atoms with Crippen molar-refractivity contribution in [3.05, 3.63) is 17.8 Å². The summed E-state index contributed by atoms with van der Waals surface area (Å²) in [4.78, 5) is 29.0. The molecule has 0 radical (unpaired) electrons. The van der Waals surface area contributed by atoms with Crippen LogP contribution in [-0.2, 0) is 9.53 Å². The second kappa shape index (κ2) is 7.32. The summed E-state index contributed by atoms with van der Waals surface area (Å²) < 4.78 is 4.90. The fourth-order valence-electron chi connectivity index (χ4n) is 1.47. The number of carbonyl (C=O) groups excluding carboxylic acids is 2. The van der Waals surface area contributed by atoms with Gasteiger partial charge in [0, 0.05) is 19.8 Å². The zero-order chi connectivity index (χ0) is 15.1. The Labute approximate surface area is 118 Å². The SMILES string of the molecule is CCOC(=O)c1ccnc(NCC(=O)N(C)CC)c1N. The predicted octanol–water partition coefficient (Wildman–Crippen LogP) is 0.731. The third-order valence-corrected chi connectivity index (χ3v) is 2.79. The van der Waals surface area contributed by atoms with Crippen molar-refractivity contribution >= 4 is 23.4 Å². The van der Waals surface area contributed by atoms with E-state index in [9.17, 15) is 9.59 Å². The molecule has 1 aromatic rings. The van der Waals surface area contributed by atoms with Crippen molar-refractivity contribution < 1.29 is 14.3 Å². The maximum Gasteiger partial charge on any atom is 0.340 e. The van der Waals surface area contributed by atoms with Crippen LogP contribution in [-0.4, -0.2) is 48.5 Å². The van der Waals surface area contributed by atoms with E-state index in [0.29, 0.717) is 12.4 Å². The lowest BCUT2D eigenvalue weighted by molar-refractivity contribution is -0.127. The first kappa shape index (κ1) is 15.7. The van der Waals surface area contributed by atoms with E-state index in [1.165, 1.54) is 12.3 Å². The summed E-state index contributed by atoms with van der Waals surface area (Å²) in [5.74, 6) is -0.295.